The van der Waals surface area contributed by atoms with Crippen molar-refractivity contribution in [1.82, 2.24) is 4.98 Å². The molecule has 0 amide bonds. The van der Waals surface area contributed by atoms with E-state index < -0.39 is 24.3 Å². The molecular weight excluding hydrogens is 364 g/mol. The Morgan fingerprint density at radius 3 is 2.39 bits per heavy atom. The number of Topliss-reactive ketones (excluding diaryl/α,β-unsaturated/α-hetero) is 1. The molecule has 0 fully saturated rings. The highest BCUT2D eigenvalue weighted by molar-refractivity contribution is 6.09. The van der Waals surface area contributed by atoms with Crippen LogP contribution in [0.3, 0.4) is 0 Å². The molecular formula is C20H24N2O6. The second kappa shape index (κ2) is 9.70. The van der Waals surface area contributed by atoms with Gasteiger partial charge in [-0.15, -0.1) is 0 Å². The summed E-state index contributed by atoms with van der Waals surface area (Å²) in [7, 11) is 0. The number of rotatable bonds is 9. The number of ketones is 1. The maximum Gasteiger partial charge on any atom is 0.340 e. The van der Waals surface area contributed by atoms with Crippen LogP contribution in [-0.4, -0.2) is 54.2 Å². The van der Waals surface area contributed by atoms with E-state index in [0.717, 1.165) is 0 Å². The zero-order valence-corrected chi connectivity index (χ0v) is 16.1. The van der Waals surface area contributed by atoms with Crippen molar-refractivity contribution in [1.29, 1.82) is 0 Å². The monoisotopic (exact) mass is 388 g/mol. The molecule has 28 heavy (non-hydrogen) atoms. The van der Waals surface area contributed by atoms with Gasteiger partial charge in [-0.3, -0.25) is 4.79 Å². The Morgan fingerprint density at radius 1 is 1.04 bits per heavy atom. The number of carbonyl (C=O) groups excluding carboxylic acids is 3. The van der Waals surface area contributed by atoms with E-state index in [1.807, 2.05) is 0 Å². The van der Waals surface area contributed by atoms with Gasteiger partial charge in [0, 0.05) is 23.6 Å². The van der Waals surface area contributed by atoms with Gasteiger partial charge < -0.3 is 24.9 Å². The summed E-state index contributed by atoms with van der Waals surface area (Å²) >= 11 is 0. The molecule has 0 radical (unpaired) electrons. The molecule has 0 atom stereocenters. The zero-order chi connectivity index (χ0) is 20.7. The first-order chi connectivity index (χ1) is 13.4. The first kappa shape index (κ1) is 21.2. The number of ether oxygens (including phenoxy) is 2. The van der Waals surface area contributed by atoms with Crippen molar-refractivity contribution in [3.05, 3.63) is 52.3 Å². The highest BCUT2D eigenvalue weighted by Crippen LogP contribution is 2.21. The Balaban J connectivity index is 2.15. The standard InChI is InChI=1S/C20H24N2O6/c1-4-27-20(26)18-13(3)22-12(2)17(18)16(24)11-28-19(25)14-7-5-6-8-15(14)21-9-10-23/h5-8,21-23H,4,9-11H2,1-3H3. The number of nitrogens with one attached hydrogen (secondary N) is 2. The molecule has 0 bridgehead atoms. The number of aryl methyl sites for hydroxylation is 2. The van der Waals surface area contributed by atoms with Crippen LogP contribution in [0.2, 0.25) is 0 Å². The zero-order valence-electron chi connectivity index (χ0n) is 16.1. The molecule has 2 aromatic rings. The highest BCUT2D eigenvalue weighted by atomic mass is 16.5. The molecule has 0 saturated heterocycles. The number of H-pyrrole nitrogens is 1. The minimum absolute atomic E-state index is 0.0926. The number of hydrogen-bond donors (Lipinski definition) is 3. The maximum absolute atomic E-state index is 12.6. The average molecular weight is 388 g/mol. The van der Waals surface area contributed by atoms with Crippen molar-refractivity contribution in [2.45, 2.75) is 20.8 Å². The number of aliphatic hydroxyl groups excluding tert-OH is 1. The minimum atomic E-state index is -0.683. The van der Waals surface area contributed by atoms with Gasteiger partial charge in [0.25, 0.3) is 0 Å². The van der Waals surface area contributed by atoms with Gasteiger partial charge in [0.2, 0.25) is 5.78 Å². The van der Waals surface area contributed by atoms with E-state index in [0.29, 0.717) is 17.1 Å². The fourth-order valence-corrected chi connectivity index (χ4v) is 2.88. The maximum atomic E-state index is 12.6. The van der Waals surface area contributed by atoms with Crippen molar-refractivity contribution >= 4 is 23.4 Å². The van der Waals surface area contributed by atoms with Crippen molar-refractivity contribution in [2.24, 2.45) is 0 Å². The number of esters is 2. The van der Waals surface area contributed by atoms with E-state index in [1.54, 1.807) is 45.0 Å². The highest BCUT2D eigenvalue weighted by Gasteiger charge is 2.26. The SMILES string of the molecule is CCOC(=O)c1c(C)[nH]c(C)c1C(=O)COC(=O)c1ccccc1NCCO. The lowest BCUT2D eigenvalue weighted by molar-refractivity contribution is 0.0473. The molecule has 8 nitrogen and oxygen atoms in total. The Labute approximate surface area is 162 Å². The molecule has 8 heteroatoms. The second-order valence-electron chi connectivity index (χ2n) is 6.04. The summed E-state index contributed by atoms with van der Waals surface area (Å²) in [5, 5.41) is 11.8. The molecule has 0 aliphatic rings. The largest absolute Gasteiger partial charge is 0.462 e. The molecule has 0 spiro atoms. The Bertz CT molecular complexity index is 872. The van der Waals surface area contributed by atoms with Crippen LogP contribution in [0.1, 0.15) is 49.4 Å². The number of anilines is 1. The van der Waals surface area contributed by atoms with E-state index in [2.05, 4.69) is 10.3 Å². The summed E-state index contributed by atoms with van der Waals surface area (Å²) in [6, 6.07) is 6.63. The molecule has 1 aromatic heterocycles. The van der Waals surface area contributed by atoms with Gasteiger partial charge in [0.1, 0.15) is 0 Å². The van der Waals surface area contributed by atoms with Crippen molar-refractivity contribution in [3.8, 4) is 0 Å². The first-order valence-corrected chi connectivity index (χ1v) is 8.91. The van der Waals surface area contributed by atoms with Crippen LogP contribution in [-0.2, 0) is 9.47 Å². The third-order valence-corrected chi connectivity index (χ3v) is 4.04. The quantitative estimate of drug-likeness (QED) is 0.445. The van der Waals surface area contributed by atoms with Crippen LogP contribution in [0.25, 0.3) is 0 Å². The summed E-state index contributed by atoms with van der Waals surface area (Å²) in [6.45, 7) is 4.86. The Kier molecular flexibility index (Phi) is 7.34. The fourth-order valence-electron chi connectivity index (χ4n) is 2.88. The van der Waals surface area contributed by atoms with Crippen molar-refractivity contribution in [3.63, 3.8) is 0 Å². The molecule has 150 valence electrons. The lowest BCUT2D eigenvalue weighted by Crippen LogP contribution is -2.19. The van der Waals surface area contributed by atoms with Gasteiger partial charge >= 0.3 is 11.9 Å². The smallest absolute Gasteiger partial charge is 0.340 e. The van der Waals surface area contributed by atoms with Gasteiger partial charge in [-0.1, -0.05) is 12.1 Å². The Hall–Kier alpha value is -3.13. The van der Waals surface area contributed by atoms with Gasteiger partial charge in [-0.05, 0) is 32.9 Å². The molecule has 0 saturated carbocycles. The average Bonchev–Trinajstić information content (AvgIpc) is 2.98. The number of hydrogen-bond acceptors (Lipinski definition) is 7. The third-order valence-electron chi connectivity index (χ3n) is 4.04. The van der Waals surface area contributed by atoms with Crippen LogP contribution < -0.4 is 5.32 Å². The minimum Gasteiger partial charge on any atom is -0.462 e. The molecule has 0 unspecified atom stereocenters. The van der Waals surface area contributed by atoms with E-state index in [9.17, 15) is 14.4 Å². The molecule has 1 aromatic carbocycles. The summed E-state index contributed by atoms with van der Waals surface area (Å²) in [5.41, 5.74) is 2.09. The number of aromatic amines is 1. The first-order valence-electron chi connectivity index (χ1n) is 8.91. The predicted octanol–water partition coefficient (Wildman–Crippen LogP) is 2.25. The predicted molar refractivity (Wildman–Crippen MR) is 103 cm³/mol. The van der Waals surface area contributed by atoms with Crippen LogP contribution in [0.4, 0.5) is 5.69 Å². The van der Waals surface area contributed by atoms with E-state index >= 15 is 0 Å². The normalized spacial score (nSPS) is 10.4. The molecule has 0 aliphatic carbocycles. The second-order valence-corrected chi connectivity index (χ2v) is 6.04. The number of para-hydroxylation sites is 1. The molecule has 1 heterocycles. The van der Waals surface area contributed by atoms with Crippen LogP contribution >= 0.6 is 0 Å². The van der Waals surface area contributed by atoms with Crippen LogP contribution in [0.15, 0.2) is 24.3 Å². The number of benzene rings is 1. The van der Waals surface area contributed by atoms with Crippen LogP contribution in [0.5, 0.6) is 0 Å². The number of carbonyl (C=O) groups is 3. The summed E-state index contributed by atoms with van der Waals surface area (Å²) in [6.07, 6.45) is 0. The fraction of sp³-hybridized carbons (Fsp3) is 0.350. The van der Waals surface area contributed by atoms with Crippen molar-refractivity contribution < 1.29 is 29.0 Å². The van der Waals surface area contributed by atoms with Gasteiger partial charge in [0.05, 0.1) is 29.9 Å². The molecule has 0 aliphatic heterocycles. The number of aromatic nitrogens is 1. The van der Waals surface area contributed by atoms with E-state index in [1.165, 1.54) is 0 Å². The Morgan fingerprint density at radius 2 is 1.71 bits per heavy atom. The summed E-state index contributed by atoms with van der Waals surface area (Å²) < 4.78 is 10.2. The number of aliphatic hydroxyl groups is 1. The van der Waals surface area contributed by atoms with Gasteiger partial charge in [-0.25, -0.2) is 9.59 Å². The lowest BCUT2D eigenvalue weighted by Gasteiger charge is -2.11. The third kappa shape index (κ3) is 4.77. The lowest BCUT2D eigenvalue weighted by atomic mass is 10.1. The van der Waals surface area contributed by atoms with E-state index in [4.69, 9.17) is 14.6 Å². The topological polar surface area (TPSA) is 118 Å². The van der Waals surface area contributed by atoms with Crippen molar-refractivity contribution in [2.75, 3.05) is 31.7 Å². The van der Waals surface area contributed by atoms with Crippen LogP contribution in [0, 0.1) is 13.8 Å². The van der Waals surface area contributed by atoms with E-state index in [-0.39, 0.29) is 36.4 Å². The molecule has 3 N–H and O–H groups in total. The summed E-state index contributed by atoms with van der Waals surface area (Å²) in [5.74, 6) is -1.78. The summed E-state index contributed by atoms with van der Waals surface area (Å²) in [4.78, 5) is 40.2. The van der Waals surface area contributed by atoms with Gasteiger partial charge in [-0.2, -0.15) is 0 Å². The van der Waals surface area contributed by atoms with Gasteiger partial charge in [0.15, 0.2) is 6.61 Å². The molecule has 2 rings (SSSR count).